The zero-order valence-electron chi connectivity index (χ0n) is 20.3. The van der Waals surface area contributed by atoms with Gasteiger partial charge in [0.15, 0.2) is 5.79 Å². The van der Waals surface area contributed by atoms with Crippen LogP contribution in [-0.4, -0.2) is 42.5 Å². The van der Waals surface area contributed by atoms with Crippen molar-refractivity contribution in [1.82, 2.24) is 0 Å². The van der Waals surface area contributed by atoms with Gasteiger partial charge in [-0.15, -0.1) is 0 Å². The molecule has 0 aromatic heterocycles. The third kappa shape index (κ3) is 6.25. The molecule has 2 saturated carbocycles. The molecule has 3 fully saturated rings. The molecule has 6 nitrogen and oxygen atoms in total. The van der Waals surface area contributed by atoms with E-state index in [-0.39, 0.29) is 5.48 Å². The second-order valence-corrected chi connectivity index (χ2v) is 9.60. The minimum Gasteiger partial charge on any atom is -0.497 e. The van der Waals surface area contributed by atoms with Crippen molar-refractivity contribution >= 4 is 5.78 Å². The maximum absolute atomic E-state index is 11.1. The summed E-state index contributed by atoms with van der Waals surface area (Å²) in [5, 5.41) is 10.8. The number of Topliss-reactive ketones (excluding diaryl/α,β-unsaturated/α-hetero) is 1. The molecule has 0 radical (unpaired) electrons. The molecule has 2 aliphatic carbocycles. The average Bonchev–Trinajstić information content (AvgIpc) is 3.31. The molecule has 1 spiro atoms. The molecular formula is C28H38O6. The number of benzene rings is 2. The lowest BCUT2D eigenvalue weighted by Crippen LogP contribution is -2.42. The Bertz CT molecular complexity index is 929. The van der Waals surface area contributed by atoms with Gasteiger partial charge in [0.25, 0.3) is 0 Å². The largest absolute Gasteiger partial charge is 0.497 e. The van der Waals surface area contributed by atoms with Crippen molar-refractivity contribution in [3.63, 3.8) is 0 Å². The molecule has 2 aromatic carbocycles. The van der Waals surface area contributed by atoms with E-state index in [4.69, 9.17) is 14.2 Å². The first-order valence-corrected chi connectivity index (χ1v) is 12.1. The van der Waals surface area contributed by atoms with Crippen LogP contribution in [0.25, 0.3) is 0 Å². The Morgan fingerprint density at radius 2 is 1.59 bits per heavy atom. The van der Waals surface area contributed by atoms with Crippen LogP contribution in [0.3, 0.4) is 0 Å². The molecule has 186 valence electrons. The van der Waals surface area contributed by atoms with Gasteiger partial charge in [0.05, 0.1) is 25.9 Å². The number of ether oxygens (including phenoxy) is 3. The van der Waals surface area contributed by atoms with E-state index in [0.29, 0.717) is 37.8 Å². The molecule has 5 rings (SSSR count). The zero-order chi connectivity index (χ0) is 23.3. The SMILES string of the molecule is COc1cccc(C2CCC(=O)CC2)c1.Cc1cccc(C2(O)CCC3(CC2)OCCO3)c1.O. The molecule has 6 heteroatoms. The lowest BCUT2D eigenvalue weighted by molar-refractivity contribution is -0.204. The van der Waals surface area contributed by atoms with E-state index >= 15 is 0 Å². The maximum atomic E-state index is 11.1. The third-order valence-corrected chi connectivity index (χ3v) is 7.32. The first-order chi connectivity index (χ1) is 15.9. The highest BCUT2D eigenvalue weighted by molar-refractivity contribution is 5.79. The van der Waals surface area contributed by atoms with E-state index in [1.54, 1.807) is 7.11 Å². The highest BCUT2D eigenvalue weighted by Gasteiger charge is 2.46. The van der Waals surface area contributed by atoms with E-state index in [9.17, 15) is 9.90 Å². The highest BCUT2D eigenvalue weighted by Crippen LogP contribution is 2.44. The first kappa shape index (κ1) is 26.4. The summed E-state index contributed by atoms with van der Waals surface area (Å²) in [5.41, 5.74) is 2.80. The van der Waals surface area contributed by atoms with Crippen molar-refractivity contribution in [2.24, 2.45) is 0 Å². The van der Waals surface area contributed by atoms with E-state index in [1.807, 2.05) is 24.3 Å². The van der Waals surface area contributed by atoms with Crippen molar-refractivity contribution in [3.05, 3.63) is 65.2 Å². The van der Waals surface area contributed by atoms with Gasteiger partial charge in [-0.05, 0) is 61.8 Å². The second kappa shape index (κ2) is 11.5. The van der Waals surface area contributed by atoms with Crippen LogP contribution in [-0.2, 0) is 19.9 Å². The molecular weight excluding hydrogens is 432 g/mol. The number of carbonyl (C=O) groups is 1. The van der Waals surface area contributed by atoms with E-state index < -0.39 is 11.4 Å². The Balaban J connectivity index is 0.000000188. The molecule has 0 bridgehead atoms. The van der Waals surface area contributed by atoms with Gasteiger partial charge in [0, 0.05) is 25.7 Å². The molecule has 34 heavy (non-hydrogen) atoms. The van der Waals surface area contributed by atoms with Crippen molar-refractivity contribution in [1.29, 1.82) is 0 Å². The molecule has 1 saturated heterocycles. The molecule has 0 unspecified atom stereocenters. The van der Waals surface area contributed by atoms with Crippen LogP contribution in [0.5, 0.6) is 5.75 Å². The highest BCUT2D eigenvalue weighted by atomic mass is 16.7. The summed E-state index contributed by atoms with van der Waals surface area (Å²) in [7, 11) is 1.68. The number of carbonyl (C=O) groups excluding carboxylic acids is 1. The lowest BCUT2D eigenvalue weighted by Gasteiger charge is -2.40. The van der Waals surface area contributed by atoms with Crippen LogP contribution in [0.15, 0.2) is 48.5 Å². The predicted octanol–water partition coefficient (Wildman–Crippen LogP) is 4.60. The van der Waals surface area contributed by atoms with E-state index in [2.05, 4.69) is 31.2 Å². The number of hydrogen-bond donors (Lipinski definition) is 1. The number of rotatable bonds is 3. The molecule has 1 aliphatic heterocycles. The van der Waals surface area contributed by atoms with Gasteiger partial charge >= 0.3 is 0 Å². The quantitative estimate of drug-likeness (QED) is 0.707. The monoisotopic (exact) mass is 470 g/mol. The van der Waals surface area contributed by atoms with Crippen molar-refractivity contribution in [2.45, 2.75) is 75.6 Å². The number of hydrogen-bond acceptors (Lipinski definition) is 5. The fraction of sp³-hybridized carbons (Fsp3) is 0.536. The minimum absolute atomic E-state index is 0. The predicted molar refractivity (Wildman–Crippen MR) is 131 cm³/mol. The summed E-state index contributed by atoms with van der Waals surface area (Å²) < 4.78 is 16.6. The standard InChI is InChI=1S/C15H20O3.C13H16O2.H2O/c1-12-3-2-4-13(11-12)14(16)5-7-15(8-6-14)17-9-10-18-15;1-15-13-4-2-3-11(9-13)10-5-7-12(14)8-6-10;/h2-4,11,16H,5-10H2,1H3;2-4,9-10H,5-8H2,1H3;1H2. The summed E-state index contributed by atoms with van der Waals surface area (Å²) in [6.45, 7) is 3.42. The fourth-order valence-corrected chi connectivity index (χ4v) is 5.22. The van der Waals surface area contributed by atoms with E-state index in [0.717, 1.165) is 49.8 Å². The Morgan fingerprint density at radius 1 is 0.941 bits per heavy atom. The van der Waals surface area contributed by atoms with Gasteiger partial charge < -0.3 is 24.8 Å². The number of aliphatic hydroxyl groups is 1. The smallest absolute Gasteiger partial charge is 0.168 e. The Hall–Kier alpha value is -2.25. The Morgan fingerprint density at radius 3 is 2.21 bits per heavy atom. The second-order valence-electron chi connectivity index (χ2n) is 9.60. The van der Waals surface area contributed by atoms with Crippen LogP contribution < -0.4 is 4.74 Å². The number of aryl methyl sites for hydroxylation is 1. The van der Waals surface area contributed by atoms with Gasteiger partial charge in [-0.1, -0.05) is 42.0 Å². The third-order valence-electron chi connectivity index (χ3n) is 7.32. The Labute approximate surface area is 202 Å². The maximum Gasteiger partial charge on any atom is 0.168 e. The van der Waals surface area contributed by atoms with Gasteiger partial charge in [-0.3, -0.25) is 4.79 Å². The summed E-state index contributed by atoms with van der Waals surface area (Å²) in [4.78, 5) is 11.1. The summed E-state index contributed by atoms with van der Waals surface area (Å²) in [6, 6.07) is 16.3. The molecule has 1 heterocycles. The van der Waals surface area contributed by atoms with Crippen molar-refractivity contribution in [3.8, 4) is 5.75 Å². The van der Waals surface area contributed by atoms with Crippen molar-refractivity contribution in [2.75, 3.05) is 20.3 Å². The summed E-state index contributed by atoms with van der Waals surface area (Å²) in [6.07, 6.45) is 6.42. The summed E-state index contributed by atoms with van der Waals surface area (Å²) in [5.74, 6) is 1.45. The average molecular weight is 471 g/mol. The van der Waals surface area contributed by atoms with Crippen LogP contribution in [0.2, 0.25) is 0 Å². The van der Waals surface area contributed by atoms with Crippen LogP contribution >= 0.6 is 0 Å². The summed E-state index contributed by atoms with van der Waals surface area (Å²) >= 11 is 0. The first-order valence-electron chi connectivity index (χ1n) is 12.1. The number of methoxy groups -OCH3 is 1. The normalized spacial score (nSPS) is 21.3. The van der Waals surface area contributed by atoms with E-state index in [1.165, 1.54) is 11.1 Å². The van der Waals surface area contributed by atoms with Crippen LogP contribution in [0.1, 0.15) is 74.0 Å². The number of ketones is 1. The zero-order valence-corrected chi connectivity index (χ0v) is 20.3. The molecule has 3 N–H and O–H groups in total. The fourth-order valence-electron chi connectivity index (χ4n) is 5.22. The van der Waals surface area contributed by atoms with Gasteiger partial charge in [0.2, 0.25) is 0 Å². The van der Waals surface area contributed by atoms with Crippen LogP contribution in [0.4, 0.5) is 0 Å². The molecule has 0 amide bonds. The van der Waals surface area contributed by atoms with Gasteiger partial charge in [-0.25, -0.2) is 0 Å². The molecule has 3 aliphatic rings. The minimum atomic E-state index is -0.716. The molecule has 0 atom stereocenters. The molecule has 2 aromatic rings. The van der Waals surface area contributed by atoms with Gasteiger partial charge in [0.1, 0.15) is 11.5 Å². The van der Waals surface area contributed by atoms with Crippen molar-refractivity contribution < 1.29 is 29.6 Å². The Kier molecular flexibility index (Phi) is 8.88. The van der Waals surface area contributed by atoms with Crippen LogP contribution in [0, 0.1) is 6.92 Å². The topological polar surface area (TPSA) is 96.5 Å². The lowest BCUT2D eigenvalue weighted by atomic mass is 9.77. The van der Waals surface area contributed by atoms with Gasteiger partial charge in [-0.2, -0.15) is 0 Å².